The van der Waals surface area contributed by atoms with Crippen molar-refractivity contribution in [2.75, 3.05) is 13.2 Å². The van der Waals surface area contributed by atoms with Gasteiger partial charge in [-0.1, -0.05) is 184 Å². The van der Waals surface area contributed by atoms with Gasteiger partial charge in [-0.15, -0.1) is 0 Å². The molecular weight excluding hydrogens is 733 g/mol. The van der Waals surface area contributed by atoms with E-state index < -0.39 is 6.10 Å². The maximum Gasteiger partial charge on any atom is 0.306 e. The molecule has 0 bridgehead atoms. The second kappa shape index (κ2) is 47.8. The van der Waals surface area contributed by atoms with Crippen LogP contribution in [0.5, 0.6) is 0 Å². The summed E-state index contributed by atoms with van der Waals surface area (Å²) in [6, 6.07) is 0. The Morgan fingerprint density at radius 2 is 0.661 bits per heavy atom. The second-order valence-electron chi connectivity index (χ2n) is 16.3. The summed E-state index contributed by atoms with van der Waals surface area (Å²) in [5.41, 5.74) is 0. The van der Waals surface area contributed by atoms with E-state index >= 15 is 0 Å². The number of carbonyl (C=O) groups is 3. The molecule has 0 N–H and O–H groups in total. The number of ether oxygens (including phenoxy) is 3. The van der Waals surface area contributed by atoms with E-state index in [1.807, 2.05) is 0 Å². The molecule has 0 rings (SSSR count). The van der Waals surface area contributed by atoms with E-state index in [1.165, 1.54) is 103 Å². The van der Waals surface area contributed by atoms with E-state index in [4.69, 9.17) is 14.2 Å². The smallest absolute Gasteiger partial charge is 0.306 e. The van der Waals surface area contributed by atoms with Crippen molar-refractivity contribution in [2.45, 2.75) is 245 Å². The van der Waals surface area contributed by atoms with Gasteiger partial charge in [-0.25, -0.2) is 0 Å². The molecule has 0 saturated carbocycles. The third-order valence-corrected chi connectivity index (χ3v) is 10.5. The third-order valence-electron chi connectivity index (χ3n) is 10.5. The lowest BCUT2D eigenvalue weighted by Gasteiger charge is -2.18. The van der Waals surface area contributed by atoms with Crippen molar-refractivity contribution in [1.29, 1.82) is 0 Å². The first-order chi connectivity index (χ1) is 29.0. The van der Waals surface area contributed by atoms with E-state index in [0.29, 0.717) is 19.3 Å². The van der Waals surface area contributed by atoms with Crippen LogP contribution in [-0.4, -0.2) is 37.2 Å². The number of esters is 3. The van der Waals surface area contributed by atoms with Crippen LogP contribution in [0.15, 0.2) is 60.8 Å². The van der Waals surface area contributed by atoms with E-state index in [-0.39, 0.29) is 31.1 Å². The topological polar surface area (TPSA) is 78.9 Å². The SMILES string of the molecule is CC/C=C\C/C=C\CCCCCCCCCC(=O)OC(COC(=O)CCCC/C=C\C/C=C\CC)COC(=O)CCCCCCC/C=C\CCCCCCCCCCC. The van der Waals surface area contributed by atoms with E-state index in [0.717, 1.165) is 96.3 Å². The number of carbonyl (C=O) groups excluding carboxylic acids is 3. The fraction of sp³-hybridized carbons (Fsp3) is 0.755. The summed E-state index contributed by atoms with van der Waals surface area (Å²) >= 11 is 0. The van der Waals surface area contributed by atoms with Crippen LogP contribution in [0.25, 0.3) is 0 Å². The monoisotopic (exact) mass is 825 g/mol. The van der Waals surface area contributed by atoms with Crippen LogP contribution in [0, 0.1) is 0 Å². The molecule has 0 spiro atoms. The van der Waals surface area contributed by atoms with Crippen molar-refractivity contribution in [3.63, 3.8) is 0 Å². The summed E-state index contributed by atoms with van der Waals surface area (Å²) in [7, 11) is 0. The van der Waals surface area contributed by atoms with Gasteiger partial charge < -0.3 is 14.2 Å². The van der Waals surface area contributed by atoms with Crippen molar-refractivity contribution in [1.82, 2.24) is 0 Å². The van der Waals surface area contributed by atoms with Gasteiger partial charge in [-0.05, 0) is 96.3 Å². The zero-order chi connectivity index (χ0) is 43.0. The molecule has 340 valence electrons. The molecule has 6 heteroatoms. The number of hydrogen-bond donors (Lipinski definition) is 0. The average Bonchev–Trinajstić information content (AvgIpc) is 3.23. The van der Waals surface area contributed by atoms with Crippen LogP contribution >= 0.6 is 0 Å². The van der Waals surface area contributed by atoms with Gasteiger partial charge in [0.05, 0.1) is 0 Å². The first kappa shape index (κ1) is 56.1. The van der Waals surface area contributed by atoms with Gasteiger partial charge in [0.2, 0.25) is 0 Å². The van der Waals surface area contributed by atoms with Crippen LogP contribution in [0.4, 0.5) is 0 Å². The lowest BCUT2D eigenvalue weighted by atomic mass is 10.1. The summed E-state index contributed by atoms with van der Waals surface area (Å²) < 4.78 is 16.7. The molecule has 0 aliphatic carbocycles. The molecule has 0 radical (unpaired) electrons. The van der Waals surface area contributed by atoms with Gasteiger partial charge in [-0.2, -0.15) is 0 Å². The van der Waals surface area contributed by atoms with Crippen molar-refractivity contribution in [2.24, 2.45) is 0 Å². The second-order valence-corrected chi connectivity index (χ2v) is 16.3. The minimum atomic E-state index is -0.792. The fourth-order valence-electron chi connectivity index (χ4n) is 6.81. The molecule has 0 heterocycles. The molecule has 59 heavy (non-hydrogen) atoms. The van der Waals surface area contributed by atoms with Gasteiger partial charge in [0.25, 0.3) is 0 Å². The van der Waals surface area contributed by atoms with Gasteiger partial charge >= 0.3 is 17.9 Å². The highest BCUT2D eigenvalue weighted by Crippen LogP contribution is 2.14. The van der Waals surface area contributed by atoms with Crippen molar-refractivity contribution in [3.8, 4) is 0 Å². The van der Waals surface area contributed by atoms with Crippen LogP contribution in [0.2, 0.25) is 0 Å². The van der Waals surface area contributed by atoms with Crippen LogP contribution in [0.1, 0.15) is 239 Å². The molecule has 0 amide bonds. The van der Waals surface area contributed by atoms with Crippen molar-refractivity contribution >= 4 is 17.9 Å². The Hall–Kier alpha value is -2.89. The molecule has 1 atom stereocenters. The molecule has 1 unspecified atom stereocenters. The summed E-state index contributed by atoms with van der Waals surface area (Å²) in [6.07, 6.45) is 57.9. The highest BCUT2D eigenvalue weighted by molar-refractivity contribution is 5.71. The molecule has 0 aliphatic rings. The predicted octanol–water partition coefficient (Wildman–Crippen LogP) is 16.1. The third kappa shape index (κ3) is 46.0. The lowest BCUT2D eigenvalue weighted by Crippen LogP contribution is -2.30. The number of rotatable bonds is 44. The number of allylic oxidation sites excluding steroid dienone is 10. The van der Waals surface area contributed by atoms with Gasteiger partial charge in [-0.3, -0.25) is 14.4 Å². The largest absolute Gasteiger partial charge is 0.462 e. The average molecular weight is 825 g/mol. The summed E-state index contributed by atoms with van der Waals surface area (Å²) in [5.74, 6) is -0.946. The maximum absolute atomic E-state index is 12.7. The molecule has 0 aliphatic heterocycles. The Morgan fingerprint density at radius 1 is 0.356 bits per heavy atom. The maximum atomic E-state index is 12.7. The standard InChI is InChI=1S/C53H92O6/c1-4-7-10-13-16-19-21-23-25-26-27-28-30-31-34-37-40-43-46-52(55)58-49-50(48-57-51(54)45-42-39-36-33-18-15-12-9-6-3)59-53(56)47-44-41-38-35-32-29-24-22-20-17-14-11-8-5-2/h8-9,11-12,17-18,20,27-28,33,50H,4-7,10,13-16,19,21-26,29-32,34-49H2,1-3H3/b11-8-,12-9-,20-17-,28-27-,33-18-. The zero-order valence-electron chi connectivity index (χ0n) is 38.8. The highest BCUT2D eigenvalue weighted by atomic mass is 16.6. The van der Waals surface area contributed by atoms with Crippen molar-refractivity contribution in [3.05, 3.63) is 60.8 Å². The van der Waals surface area contributed by atoms with Crippen LogP contribution < -0.4 is 0 Å². The number of hydrogen-bond acceptors (Lipinski definition) is 6. The number of unbranched alkanes of at least 4 members (excludes halogenated alkanes) is 23. The Labute approximate surface area is 364 Å². The molecular formula is C53H92O6. The molecule has 0 fully saturated rings. The Kier molecular flexibility index (Phi) is 45.4. The van der Waals surface area contributed by atoms with Crippen molar-refractivity contribution < 1.29 is 28.6 Å². The molecule has 0 aromatic heterocycles. The predicted molar refractivity (Wildman–Crippen MR) is 251 cm³/mol. The Morgan fingerprint density at radius 3 is 1.07 bits per heavy atom. The van der Waals surface area contributed by atoms with E-state index in [2.05, 4.69) is 81.5 Å². The van der Waals surface area contributed by atoms with E-state index in [1.54, 1.807) is 0 Å². The normalized spacial score (nSPS) is 12.5. The Balaban J connectivity index is 4.34. The lowest BCUT2D eigenvalue weighted by molar-refractivity contribution is -0.167. The fourth-order valence-corrected chi connectivity index (χ4v) is 6.81. The highest BCUT2D eigenvalue weighted by Gasteiger charge is 2.19. The van der Waals surface area contributed by atoms with Gasteiger partial charge in [0.15, 0.2) is 6.10 Å². The summed E-state index contributed by atoms with van der Waals surface area (Å²) in [5, 5.41) is 0. The molecule has 0 aromatic rings. The Bertz CT molecular complexity index is 1090. The van der Waals surface area contributed by atoms with Gasteiger partial charge in [0.1, 0.15) is 13.2 Å². The quantitative estimate of drug-likeness (QED) is 0.0263. The summed E-state index contributed by atoms with van der Waals surface area (Å²) in [4.78, 5) is 37.8. The first-order valence-electron chi connectivity index (χ1n) is 24.8. The minimum absolute atomic E-state index is 0.0921. The van der Waals surface area contributed by atoms with E-state index in [9.17, 15) is 14.4 Å². The first-order valence-corrected chi connectivity index (χ1v) is 24.8. The van der Waals surface area contributed by atoms with Crippen LogP contribution in [-0.2, 0) is 28.6 Å². The van der Waals surface area contributed by atoms with Crippen LogP contribution in [0.3, 0.4) is 0 Å². The molecule has 0 aromatic carbocycles. The molecule has 0 saturated heterocycles. The molecule has 6 nitrogen and oxygen atoms in total. The zero-order valence-corrected chi connectivity index (χ0v) is 38.8. The van der Waals surface area contributed by atoms with Gasteiger partial charge in [0, 0.05) is 19.3 Å². The minimum Gasteiger partial charge on any atom is -0.462 e. The summed E-state index contributed by atoms with van der Waals surface area (Å²) in [6.45, 7) is 6.36.